The van der Waals surface area contributed by atoms with Crippen molar-refractivity contribution < 1.29 is 24.2 Å². The minimum absolute atomic E-state index is 0.248. The van der Waals surface area contributed by atoms with Crippen LogP contribution < -0.4 is 5.32 Å². The lowest BCUT2D eigenvalue weighted by molar-refractivity contribution is -0.143. The van der Waals surface area contributed by atoms with Gasteiger partial charge in [0.05, 0.1) is 35.4 Å². The van der Waals surface area contributed by atoms with Gasteiger partial charge in [0.15, 0.2) is 0 Å². The van der Waals surface area contributed by atoms with Crippen LogP contribution in [0, 0.1) is 5.82 Å². The van der Waals surface area contributed by atoms with E-state index >= 15 is 0 Å². The van der Waals surface area contributed by atoms with Gasteiger partial charge in [-0.25, -0.2) is 9.07 Å². The zero-order chi connectivity index (χ0) is 23.1. The molecule has 4 rings (SSSR count). The van der Waals surface area contributed by atoms with Crippen LogP contribution >= 0.6 is 11.6 Å². The van der Waals surface area contributed by atoms with Gasteiger partial charge in [-0.3, -0.25) is 9.59 Å². The maximum atomic E-state index is 13.2. The molecule has 2 aromatic carbocycles. The number of hydrogen-bond donors (Lipinski definition) is 3. The number of benzene rings is 2. The molecule has 1 aliphatic heterocycles. The number of carboxylic acids is 2. The Morgan fingerprint density at radius 1 is 1.00 bits per heavy atom. The van der Waals surface area contributed by atoms with E-state index in [2.05, 4.69) is 16.5 Å². The molecule has 168 valence electrons. The number of carbonyl (C=O) groups is 2. The fourth-order valence-corrected chi connectivity index (χ4v) is 3.74. The second-order valence-corrected chi connectivity index (χ2v) is 7.61. The number of rotatable bonds is 5. The molecule has 1 aromatic heterocycles. The van der Waals surface area contributed by atoms with E-state index in [4.69, 9.17) is 21.8 Å². The van der Waals surface area contributed by atoms with Crippen LogP contribution in [-0.2, 0) is 22.4 Å². The molecule has 0 aliphatic carbocycles. The highest BCUT2D eigenvalue weighted by Crippen LogP contribution is 2.32. The van der Waals surface area contributed by atoms with Gasteiger partial charge in [0.1, 0.15) is 5.82 Å². The highest BCUT2D eigenvalue weighted by molar-refractivity contribution is 6.32. The third kappa shape index (κ3) is 5.93. The summed E-state index contributed by atoms with van der Waals surface area (Å²) in [6.07, 6.45) is 3.05. The van der Waals surface area contributed by atoms with Crippen LogP contribution in [0.4, 0.5) is 4.39 Å². The molecule has 0 saturated carbocycles. The number of hydrogen-bond acceptors (Lipinski definition) is 4. The molecule has 1 aliphatic rings. The predicted octanol–water partition coefficient (Wildman–Crippen LogP) is 3.96. The van der Waals surface area contributed by atoms with Crippen molar-refractivity contribution in [1.82, 2.24) is 15.1 Å². The Kier molecular flexibility index (Phi) is 7.97. The number of halogens is 2. The third-order valence-electron chi connectivity index (χ3n) is 5.00. The first-order valence-electron chi connectivity index (χ1n) is 10.1. The van der Waals surface area contributed by atoms with E-state index in [0.29, 0.717) is 5.02 Å². The lowest BCUT2D eigenvalue weighted by atomic mass is 10.0. The highest BCUT2D eigenvalue weighted by atomic mass is 35.5. The van der Waals surface area contributed by atoms with E-state index in [1.54, 1.807) is 18.3 Å². The summed E-state index contributed by atoms with van der Waals surface area (Å²) >= 11 is 6.55. The van der Waals surface area contributed by atoms with E-state index in [1.807, 2.05) is 16.8 Å². The van der Waals surface area contributed by atoms with Crippen LogP contribution in [0.5, 0.6) is 0 Å². The van der Waals surface area contributed by atoms with E-state index in [9.17, 15) is 14.0 Å². The molecule has 0 amide bonds. The summed E-state index contributed by atoms with van der Waals surface area (Å²) in [7, 11) is 0. The molecule has 2 heterocycles. The molecule has 3 N–H and O–H groups in total. The van der Waals surface area contributed by atoms with Gasteiger partial charge in [0, 0.05) is 5.56 Å². The van der Waals surface area contributed by atoms with Crippen molar-refractivity contribution in [1.29, 1.82) is 0 Å². The third-order valence-corrected chi connectivity index (χ3v) is 5.31. The number of fused-ring (bicyclic) bond motifs is 1. The smallest absolute Gasteiger partial charge is 0.303 e. The van der Waals surface area contributed by atoms with Gasteiger partial charge in [0.2, 0.25) is 0 Å². The van der Waals surface area contributed by atoms with Crippen LogP contribution in [0.25, 0.3) is 16.9 Å². The molecule has 0 radical (unpaired) electrons. The van der Waals surface area contributed by atoms with Crippen molar-refractivity contribution in [2.75, 3.05) is 13.1 Å². The first-order chi connectivity index (χ1) is 15.4. The molecule has 32 heavy (non-hydrogen) atoms. The maximum Gasteiger partial charge on any atom is 0.303 e. The second-order valence-electron chi connectivity index (χ2n) is 7.21. The number of aliphatic carboxylic acids is 2. The van der Waals surface area contributed by atoms with Crippen molar-refractivity contribution in [2.45, 2.75) is 25.7 Å². The zero-order valence-corrected chi connectivity index (χ0v) is 18.0. The molecule has 0 atom stereocenters. The van der Waals surface area contributed by atoms with E-state index in [-0.39, 0.29) is 18.7 Å². The Bertz CT molecular complexity index is 1090. The van der Waals surface area contributed by atoms with Gasteiger partial charge < -0.3 is 15.5 Å². The van der Waals surface area contributed by atoms with Gasteiger partial charge in [-0.15, -0.1) is 0 Å². The zero-order valence-electron chi connectivity index (χ0n) is 17.2. The van der Waals surface area contributed by atoms with E-state index < -0.39 is 11.9 Å². The summed E-state index contributed by atoms with van der Waals surface area (Å²) in [6, 6.07) is 12.4. The Balaban J connectivity index is 0.000000312. The summed E-state index contributed by atoms with van der Waals surface area (Å²) in [5, 5.41) is 24.4. The standard InChI is InChI=1S/C19H17ClFN3.C4H6O4/c20-17-6-3-13-7-10-22-11-8-16(13)19(17)24-18(9-12-23-24)14-1-4-15(21)5-2-14;5-3(6)1-2-4(7)8/h1-6,9,12,22H,7-8,10-11H2;1-2H2,(H,5,6)(H,7,8). The van der Waals surface area contributed by atoms with Gasteiger partial charge in [-0.1, -0.05) is 17.7 Å². The minimum Gasteiger partial charge on any atom is -0.481 e. The van der Waals surface area contributed by atoms with E-state index in [1.165, 1.54) is 23.3 Å². The fraction of sp³-hybridized carbons (Fsp3) is 0.261. The SMILES string of the molecule is Fc1ccc(-c2ccnn2-c2c(Cl)ccc3c2CCNCC3)cc1.O=C(O)CCC(=O)O. The number of aromatic nitrogens is 2. The lowest BCUT2D eigenvalue weighted by Gasteiger charge is -2.16. The monoisotopic (exact) mass is 459 g/mol. The molecule has 0 bridgehead atoms. The number of carboxylic acid groups (broad SMARTS) is 2. The molecule has 9 heteroatoms. The summed E-state index contributed by atoms with van der Waals surface area (Å²) in [6.45, 7) is 1.89. The highest BCUT2D eigenvalue weighted by Gasteiger charge is 2.19. The van der Waals surface area contributed by atoms with Crippen LogP contribution in [-0.4, -0.2) is 45.0 Å². The number of nitrogens with zero attached hydrogens (tertiary/aromatic N) is 2. The Labute approximate surface area is 189 Å². The Morgan fingerprint density at radius 2 is 1.66 bits per heavy atom. The lowest BCUT2D eigenvalue weighted by Crippen LogP contribution is -2.16. The average molecular weight is 460 g/mol. The van der Waals surface area contributed by atoms with Gasteiger partial charge >= 0.3 is 11.9 Å². The topological polar surface area (TPSA) is 104 Å². The van der Waals surface area contributed by atoms with Crippen LogP contribution in [0.15, 0.2) is 48.7 Å². The van der Waals surface area contributed by atoms with Crippen molar-refractivity contribution >= 4 is 23.5 Å². The number of nitrogens with one attached hydrogen (secondary N) is 1. The van der Waals surface area contributed by atoms with Gasteiger partial charge in [-0.05, 0) is 73.5 Å². The molecular formula is C23H23ClFN3O4. The van der Waals surface area contributed by atoms with Crippen LogP contribution in [0.2, 0.25) is 5.02 Å². The molecule has 0 fully saturated rings. The van der Waals surface area contributed by atoms with Gasteiger partial charge in [0.25, 0.3) is 0 Å². The Hall–Kier alpha value is -3.23. The molecular weight excluding hydrogens is 437 g/mol. The second kappa shape index (κ2) is 10.9. The van der Waals surface area contributed by atoms with Crippen molar-refractivity contribution in [2.24, 2.45) is 0 Å². The molecule has 0 unspecified atom stereocenters. The van der Waals surface area contributed by atoms with Gasteiger partial charge in [-0.2, -0.15) is 5.10 Å². The average Bonchev–Trinajstić information content (AvgIpc) is 3.11. The summed E-state index contributed by atoms with van der Waals surface area (Å²) in [4.78, 5) is 19.3. The molecule has 7 nitrogen and oxygen atoms in total. The van der Waals surface area contributed by atoms with Crippen LogP contribution in [0.1, 0.15) is 24.0 Å². The van der Waals surface area contributed by atoms with Crippen molar-refractivity contribution in [3.05, 3.63) is 70.6 Å². The fourth-order valence-electron chi connectivity index (χ4n) is 3.49. The quantitative estimate of drug-likeness (QED) is 0.533. The first-order valence-corrected chi connectivity index (χ1v) is 10.5. The van der Waals surface area contributed by atoms with E-state index in [0.717, 1.165) is 42.9 Å². The van der Waals surface area contributed by atoms with Crippen molar-refractivity contribution in [3.63, 3.8) is 0 Å². The molecule has 3 aromatic rings. The summed E-state index contributed by atoms with van der Waals surface area (Å²) in [5.41, 5.74) is 5.29. The Morgan fingerprint density at radius 3 is 2.31 bits per heavy atom. The predicted molar refractivity (Wildman–Crippen MR) is 119 cm³/mol. The molecule has 0 spiro atoms. The largest absolute Gasteiger partial charge is 0.481 e. The first kappa shape index (κ1) is 23.4. The minimum atomic E-state index is -1.08. The normalized spacial score (nSPS) is 12.8. The van der Waals surface area contributed by atoms with Crippen molar-refractivity contribution in [3.8, 4) is 16.9 Å². The molecule has 0 saturated heterocycles. The maximum absolute atomic E-state index is 13.2. The summed E-state index contributed by atoms with van der Waals surface area (Å²) in [5.74, 6) is -2.40. The van der Waals surface area contributed by atoms with Crippen LogP contribution in [0.3, 0.4) is 0 Å². The summed E-state index contributed by atoms with van der Waals surface area (Å²) < 4.78 is 15.1.